The first kappa shape index (κ1) is 13.7. The number of ether oxygens (including phenoxy) is 2. The summed E-state index contributed by atoms with van der Waals surface area (Å²) in [7, 11) is 1.37. The Morgan fingerprint density at radius 2 is 2.10 bits per heavy atom. The lowest BCUT2D eigenvalue weighted by atomic mass is 9.94. The molecule has 0 amide bonds. The third-order valence-corrected chi connectivity index (χ3v) is 3.59. The minimum Gasteiger partial charge on any atom is -0.489 e. The Bertz CT molecular complexity index is 735. The van der Waals surface area contributed by atoms with Crippen molar-refractivity contribution < 1.29 is 14.3 Å². The van der Waals surface area contributed by atoms with E-state index in [0.29, 0.717) is 17.2 Å². The van der Waals surface area contributed by atoms with Gasteiger partial charge < -0.3 is 9.47 Å². The number of esters is 1. The summed E-state index contributed by atoms with van der Waals surface area (Å²) in [5.41, 5.74) is 3.36. The lowest BCUT2D eigenvalue weighted by Crippen LogP contribution is -2.08. The summed E-state index contributed by atoms with van der Waals surface area (Å²) in [5.74, 6) is 0.383. The molecule has 0 N–H and O–H groups in total. The summed E-state index contributed by atoms with van der Waals surface area (Å²) in [6, 6.07) is 12.9. The Kier molecular flexibility index (Phi) is 3.67. The fourth-order valence-corrected chi connectivity index (χ4v) is 2.56. The van der Waals surface area contributed by atoms with Gasteiger partial charge in [-0.15, -0.1) is 0 Å². The van der Waals surface area contributed by atoms with Gasteiger partial charge in [0.15, 0.2) is 0 Å². The molecule has 3 nitrogen and oxygen atoms in total. The van der Waals surface area contributed by atoms with Crippen LogP contribution in [0.15, 0.2) is 48.5 Å². The van der Waals surface area contributed by atoms with Crippen LogP contribution in [0.2, 0.25) is 5.02 Å². The second-order valence-electron chi connectivity index (χ2n) is 4.64. The molecule has 0 radical (unpaired) electrons. The van der Waals surface area contributed by atoms with Crippen LogP contribution in [-0.2, 0) is 4.74 Å². The zero-order chi connectivity index (χ0) is 14.8. The van der Waals surface area contributed by atoms with E-state index in [9.17, 15) is 4.79 Å². The molecule has 2 aromatic carbocycles. The van der Waals surface area contributed by atoms with Crippen LogP contribution >= 0.6 is 11.6 Å². The van der Waals surface area contributed by atoms with Gasteiger partial charge in [0.05, 0.1) is 12.7 Å². The number of rotatable bonds is 2. The smallest absolute Gasteiger partial charge is 0.337 e. The second-order valence-corrected chi connectivity index (χ2v) is 5.08. The van der Waals surface area contributed by atoms with Gasteiger partial charge in [0.25, 0.3) is 0 Å². The van der Waals surface area contributed by atoms with Crippen molar-refractivity contribution in [2.75, 3.05) is 13.7 Å². The van der Waals surface area contributed by atoms with Gasteiger partial charge in [-0.1, -0.05) is 23.7 Å². The Balaban J connectivity index is 2.10. The van der Waals surface area contributed by atoms with Gasteiger partial charge in [-0.25, -0.2) is 4.79 Å². The lowest BCUT2D eigenvalue weighted by molar-refractivity contribution is 0.0600. The molecular formula is C17H13ClO3. The number of fused-ring (bicyclic) bond motifs is 1. The molecule has 0 aromatic heterocycles. The third-order valence-electron chi connectivity index (χ3n) is 3.35. The molecule has 1 aliphatic heterocycles. The van der Waals surface area contributed by atoms with Gasteiger partial charge >= 0.3 is 5.97 Å². The molecule has 1 aliphatic rings. The molecule has 0 spiro atoms. The van der Waals surface area contributed by atoms with Gasteiger partial charge in [-0.2, -0.15) is 0 Å². The number of hydrogen-bond acceptors (Lipinski definition) is 3. The molecule has 0 aliphatic carbocycles. The topological polar surface area (TPSA) is 35.5 Å². The quantitative estimate of drug-likeness (QED) is 0.788. The molecule has 0 atom stereocenters. The van der Waals surface area contributed by atoms with Crippen LogP contribution in [0.1, 0.15) is 21.5 Å². The van der Waals surface area contributed by atoms with Gasteiger partial charge in [0.1, 0.15) is 12.4 Å². The van der Waals surface area contributed by atoms with Crippen LogP contribution in [-0.4, -0.2) is 19.7 Å². The zero-order valence-electron chi connectivity index (χ0n) is 11.4. The van der Waals surface area contributed by atoms with Crippen molar-refractivity contribution in [1.82, 2.24) is 0 Å². The van der Waals surface area contributed by atoms with E-state index in [1.54, 1.807) is 18.2 Å². The predicted molar refractivity (Wildman–Crippen MR) is 81.8 cm³/mol. The van der Waals surface area contributed by atoms with Crippen LogP contribution in [0, 0.1) is 0 Å². The van der Waals surface area contributed by atoms with E-state index in [0.717, 1.165) is 22.4 Å². The van der Waals surface area contributed by atoms with Crippen molar-refractivity contribution in [1.29, 1.82) is 0 Å². The van der Waals surface area contributed by atoms with E-state index in [2.05, 4.69) is 0 Å². The Morgan fingerprint density at radius 1 is 1.24 bits per heavy atom. The number of halogens is 1. The third kappa shape index (κ3) is 2.65. The molecule has 1 heterocycles. The number of carbonyl (C=O) groups is 1. The van der Waals surface area contributed by atoms with Crippen LogP contribution in [0.3, 0.4) is 0 Å². The highest BCUT2D eigenvalue weighted by Crippen LogP contribution is 2.35. The molecule has 0 saturated carbocycles. The molecule has 0 unspecified atom stereocenters. The van der Waals surface area contributed by atoms with Crippen molar-refractivity contribution in [3.63, 3.8) is 0 Å². The largest absolute Gasteiger partial charge is 0.489 e. The van der Waals surface area contributed by atoms with E-state index in [-0.39, 0.29) is 5.97 Å². The first-order valence-corrected chi connectivity index (χ1v) is 6.88. The van der Waals surface area contributed by atoms with Crippen LogP contribution in [0.4, 0.5) is 0 Å². The maximum Gasteiger partial charge on any atom is 0.337 e. The van der Waals surface area contributed by atoms with E-state index < -0.39 is 0 Å². The molecule has 0 bridgehead atoms. The fraction of sp³-hybridized carbons (Fsp3) is 0.118. The Hall–Kier alpha value is -2.26. The average molecular weight is 301 g/mol. The van der Waals surface area contributed by atoms with Crippen molar-refractivity contribution in [3.05, 3.63) is 70.3 Å². The maximum atomic E-state index is 11.7. The molecule has 106 valence electrons. The van der Waals surface area contributed by atoms with E-state index in [1.807, 2.05) is 30.3 Å². The minimum absolute atomic E-state index is 0.367. The summed E-state index contributed by atoms with van der Waals surface area (Å²) < 4.78 is 10.4. The number of carbonyl (C=O) groups excluding carboxylic acids is 1. The molecule has 0 fully saturated rings. The normalized spacial score (nSPS) is 13.0. The molecule has 0 saturated heterocycles. The Labute approximate surface area is 127 Å². The van der Waals surface area contributed by atoms with E-state index in [4.69, 9.17) is 21.1 Å². The molecule has 3 rings (SSSR count). The van der Waals surface area contributed by atoms with Gasteiger partial charge in [-0.3, -0.25) is 0 Å². The summed E-state index contributed by atoms with van der Waals surface area (Å²) in [6.45, 7) is 0.492. The van der Waals surface area contributed by atoms with E-state index in [1.165, 1.54) is 7.11 Å². The Morgan fingerprint density at radius 3 is 2.86 bits per heavy atom. The monoisotopic (exact) mass is 300 g/mol. The van der Waals surface area contributed by atoms with Gasteiger partial charge in [0, 0.05) is 10.6 Å². The highest BCUT2D eigenvalue weighted by Gasteiger charge is 2.18. The first-order chi connectivity index (χ1) is 10.2. The van der Waals surface area contributed by atoms with Crippen LogP contribution in [0.5, 0.6) is 5.75 Å². The summed E-state index contributed by atoms with van der Waals surface area (Å²) in [4.78, 5) is 11.7. The average Bonchev–Trinajstić information content (AvgIpc) is 2.53. The van der Waals surface area contributed by atoms with E-state index >= 15 is 0 Å². The summed E-state index contributed by atoms with van der Waals surface area (Å²) in [5, 5.41) is 0.672. The SMILES string of the molecule is COC(=O)c1ccc2c(c1)C(c1cccc(Cl)c1)=CCO2. The second kappa shape index (κ2) is 5.62. The molecule has 2 aromatic rings. The maximum absolute atomic E-state index is 11.7. The first-order valence-electron chi connectivity index (χ1n) is 6.50. The van der Waals surface area contributed by atoms with Crippen molar-refractivity contribution in [3.8, 4) is 5.75 Å². The van der Waals surface area contributed by atoms with Crippen LogP contribution < -0.4 is 4.74 Å². The minimum atomic E-state index is -0.367. The number of benzene rings is 2. The number of methoxy groups -OCH3 is 1. The highest BCUT2D eigenvalue weighted by molar-refractivity contribution is 6.30. The van der Waals surface area contributed by atoms with Gasteiger partial charge in [-0.05, 0) is 47.5 Å². The predicted octanol–water partition coefficient (Wildman–Crippen LogP) is 3.95. The summed E-state index contributed by atoms with van der Waals surface area (Å²) >= 11 is 6.06. The number of hydrogen-bond donors (Lipinski definition) is 0. The standard InChI is InChI=1S/C17H13ClO3/c1-20-17(19)12-5-6-16-15(10-12)14(7-8-21-16)11-3-2-4-13(18)9-11/h2-7,9-10H,8H2,1H3. The molecule has 4 heteroatoms. The van der Waals surface area contributed by atoms with Gasteiger partial charge in [0.2, 0.25) is 0 Å². The van der Waals surface area contributed by atoms with Crippen LogP contribution in [0.25, 0.3) is 5.57 Å². The molecule has 21 heavy (non-hydrogen) atoms. The lowest BCUT2D eigenvalue weighted by Gasteiger charge is -2.19. The zero-order valence-corrected chi connectivity index (χ0v) is 12.2. The van der Waals surface area contributed by atoms with Crippen molar-refractivity contribution in [2.24, 2.45) is 0 Å². The summed E-state index contributed by atoms with van der Waals surface area (Å²) in [6.07, 6.45) is 1.98. The van der Waals surface area contributed by atoms with Crippen molar-refractivity contribution in [2.45, 2.75) is 0 Å². The molecular weight excluding hydrogens is 288 g/mol. The highest BCUT2D eigenvalue weighted by atomic mass is 35.5. The van der Waals surface area contributed by atoms with Crippen molar-refractivity contribution >= 4 is 23.1 Å². The fourth-order valence-electron chi connectivity index (χ4n) is 2.37.